The highest BCUT2D eigenvalue weighted by atomic mass is 16.2. The summed E-state index contributed by atoms with van der Waals surface area (Å²) in [6.07, 6.45) is 5.32. The quantitative estimate of drug-likeness (QED) is 0.397. The molecule has 0 atom stereocenters. The molecule has 1 aliphatic rings. The maximum absolute atomic E-state index is 11.6. The first-order valence-electron chi connectivity index (χ1n) is 5.12. The fraction of sp³-hybridized carbons (Fsp3) is 0.900. The highest BCUT2D eigenvalue weighted by molar-refractivity contribution is 5.82. The molecule has 3 heteroatoms. The van der Waals surface area contributed by atoms with E-state index in [2.05, 4.69) is 19.3 Å². The predicted molar refractivity (Wildman–Crippen MR) is 52.7 cm³/mol. The molecule has 3 nitrogen and oxygen atoms in total. The van der Waals surface area contributed by atoms with Crippen LogP contribution in [0.3, 0.4) is 0 Å². The lowest BCUT2D eigenvalue weighted by molar-refractivity contribution is -0.131. The van der Waals surface area contributed by atoms with Gasteiger partial charge in [0.1, 0.15) is 0 Å². The van der Waals surface area contributed by atoms with Gasteiger partial charge in [-0.1, -0.05) is 26.7 Å². The Kier molecular flexibility index (Phi) is 3.31. The molecule has 0 saturated heterocycles. The minimum Gasteiger partial charge on any atom is -0.294 e. The van der Waals surface area contributed by atoms with Crippen molar-refractivity contribution in [3.05, 3.63) is 0 Å². The first kappa shape index (κ1) is 10.5. The Morgan fingerprint density at radius 3 is 2.38 bits per heavy atom. The highest BCUT2D eigenvalue weighted by Crippen LogP contribution is 2.43. The molecule has 0 bridgehead atoms. The van der Waals surface area contributed by atoms with E-state index in [4.69, 9.17) is 5.84 Å². The molecule has 1 saturated carbocycles. The van der Waals surface area contributed by atoms with Gasteiger partial charge in [-0.2, -0.15) is 0 Å². The van der Waals surface area contributed by atoms with Crippen LogP contribution in [0.1, 0.15) is 46.0 Å². The van der Waals surface area contributed by atoms with Gasteiger partial charge in [0.05, 0.1) is 5.41 Å². The summed E-state index contributed by atoms with van der Waals surface area (Å²) < 4.78 is 0. The number of hydrogen-bond acceptors (Lipinski definition) is 2. The number of nitrogens with one attached hydrogen (secondary N) is 1. The molecule has 0 aromatic heterocycles. The van der Waals surface area contributed by atoms with Gasteiger partial charge in [0.2, 0.25) is 5.91 Å². The van der Waals surface area contributed by atoms with Gasteiger partial charge in [-0.15, -0.1) is 0 Å². The Bertz CT molecular complexity index is 183. The summed E-state index contributed by atoms with van der Waals surface area (Å²) in [5.74, 6) is 5.82. The maximum Gasteiger partial charge on any atom is 0.240 e. The molecule has 76 valence electrons. The first-order valence-corrected chi connectivity index (χ1v) is 5.12. The second-order valence-electron chi connectivity index (χ2n) is 4.56. The van der Waals surface area contributed by atoms with Crippen molar-refractivity contribution in [3.8, 4) is 0 Å². The summed E-state index contributed by atoms with van der Waals surface area (Å²) in [5.41, 5.74) is 2.16. The van der Waals surface area contributed by atoms with E-state index >= 15 is 0 Å². The molecule has 0 radical (unpaired) electrons. The van der Waals surface area contributed by atoms with Gasteiger partial charge in [-0.05, 0) is 25.2 Å². The molecule has 1 amide bonds. The number of hydrazine groups is 1. The standard InChI is InChI=1S/C10H20N2O/c1-8(2)7-10(9(13)12-11)5-3-4-6-10/h8H,3-7,11H2,1-2H3,(H,12,13). The van der Waals surface area contributed by atoms with Crippen LogP contribution in [-0.4, -0.2) is 5.91 Å². The number of rotatable bonds is 3. The largest absolute Gasteiger partial charge is 0.294 e. The lowest BCUT2D eigenvalue weighted by Crippen LogP contribution is -2.43. The van der Waals surface area contributed by atoms with Crippen molar-refractivity contribution in [1.82, 2.24) is 5.43 Å². The summed E-state index contributed by atoms with van der Waals surface area (Å²) >= 11 is 0. The zero-order chi connectivity index (χ0) is 9.90. The average molecular weight is 184 g/mol. The van der Waals surface area contributed by atoms with Crippen molar-refractivity contribution in [2.75, 3.05) is 0 Å². The normalized spacial score (nSPS) is 20.6. The Morgan fingerprint density at radius 2 is 2.00 bits per heavy atom. The minimum atomic E-state index is -0.150. The van der Waals surface area contributed by atoms with Gasteiger partial charge in [0.15, 0.2) is 0 Å². The van der Waals surface area contributed by atoms with E-state index in [0.717, 1.165) is 19.3 Å². The maximum atomic E-state index is 11.6. The van der Waals surface area contributed by atoms with E-state index in [-0.39, 0.29) is 11.3 Å². The summed E-state index contributed by atoms with van der Waals surface area (Å²) in [6.45, 7) is 4.31. The Hall–Kier alpha value is -0.570. The Labute approximate surface area is 80.0 Å². The molecule has 0 aromatic carbocycles. The van der Waals surface area contributed by atoms with Gasteiger partial charge >= 0.3 is 0 Å². The van der Waals surface area contributed by atoms with Crippen molar-refractivity contribution in [2.24, 2.45) is 17.2 Å². The van der Waals surface area contributed by atoms with E-state index in [1.54, 1.807) is 0 Å². The molecule has 0 unspecified atom stereocenters. The highest BCUT2D eigenvalue weighted by Gasteiger charge is 2.40. The number of amides is 1. The van der Waals surface area contributed by atoms with Crippen LogP contribution >= 0.6 is 0 Å². The van der Waals surface area contributed by atoms with Crippen molar-refractivity contribution in [2.45, 2.75) is 46.0 Å². The zero-order valence-corrected chi connectivity index (χ0v) is 8.60. The number of carbonyl (C=O) groups is 1. The summed E-state index contributed by atoms with van der Waals surface area (Å²) in [6, 6.07) is 0. The van der Waals surface area contributed by atoms with Crippen LogP contribution in [0.25, 0.3) is 0 Å². The van der Waals surface area contributed by atoms with Crippen LogP contribution in [0.4, 0.5) is 0 Å². The monoisotopic (exact) mass is 184 g/mol. The topological polar surface area (TPSA) is 55.1 Å². The molecule has 1 rings (SSSR count). The van der Waals surface area contributed by atoms with E-state index < -0.39 is 0 Å². The third-order valence-electron chi connectivity index (χ3n) is 2.97. The van der Waals surface area contributed by atoms with Gasteiger partial charge in [0.25, 0.3) is 0 Å². The average Bonchev–Trinajstić information content (AvgIpc) is 2.51. The van der Waals surface area contributed by atoms with Gasteiger partial charge in [-0.25, -0.2) is 5.84 Å². The molecule has 0 aliphatic heterocycles. The second kappa shape index (κ2) is 4.09. The minimum absolute atomic E-state index is 0.0405. The molecule has 1 aliphatic carbocycles. The smallest absolute Gasteiger partial charge is 0.240 e. The van der Waals surface area contributed by atoms with Gasteiger partial charge in [0, 0.05) is 0 Å². The molecule has 13 heavy (non-hydrogen) atoms. The molecule has 0 heterocycles. The van der Waals surface area contributed by atoms with Crippen molar-refractivity contribution in [3.63, 3.8) is 0 Å². The van der Waals surface area contributed by atoms with Crippen LogP contribution in [0.2, 0.25) is 0 Å². The molecular weight excluding hydrogens is 164 g/mol. The first-order chi connectivity index (χ1) is 6.10. The van der Waals surface area contributed by atoms with Gasteiger partial charge < -0.3 is 0 Å². The van der Waals surface area contributed by atoms with Crippen molar-refractivity contribution in [1.29, 1.82) is 0 Å². The molecule has 1 fully saturated rings. The third kappa shape index (κ3) is 2.21. The van der Waals surface area contributed by atoms with Crippen LogP contribution in [0, 0.1) is 11.3 Å². The number of hydrogen-bond donors (Lipinski definition) is 2. The third-order valence-corrected chi connectivity index (χ3v) is 2.97. The number of carbonyl (C=O) groups excluding carboxylic acids is 1. The molecule has 0 spiro atoms. The summed E-state index contributed by atoms with van der Waals surface area (Å²) in [7, 11) is 0. The number of nitrogens with two attached hydrogens (primary N) is 1. The zero-order valence-electron chi connectivity index (χ0n) is 8.60. The second-order valence-corrected chi connectivity index (χ2v) is 4.56. The summed E-state index contributed by atoms with van der Waals surface area (Å²) in [5, 5.41) is 0. The lowest BCUT2D eigenvalue weighted by atomic mass is 9.78. The Morgan fingerprint density at radius 1 is 1.46 bits per heavy atom. The molecule has 0 aromatic rings. The fourth-order valence-electron chi connectivity index (χ4n) is 2.51. The van der Waals surface area contributed by atoms with E-state index in [1.807, 2.05) is 0 Å². The van der Waals surface area contributed by atoms with Gasteiger partial charge in [-0.3, -0.25) is 10.2 Å². The molecular formula is C10H20N2O. The van der Waals surface area contributed by atoms with Crippen molar-refractivity contribution >= 4 is 5.91 Å². The molecule has 3 N–H and O–H groups in total. The SMILES string of the molecule is CC(C)CC1(C(=O)NN)CCCC1. The fourth-order valence-corrected chi connectivity index (χ4v) is 2.51. The summed E-state index contributed by atoms with van der Waals surface area (Å²) in [4.78, 5) is 11.6. The van der Waals surface area contributed by atoms with E-state index in [0.29, 0.717) is 5.92 Å². The van der Waals surface area contributed by atoms with Crippen molar-refractivity contribution < 1.29 is 4.79 Å². The van der Waals surface area contributed by atoms with E-state index in [9.17, 15) is 4.79 Å². The van der Waals surface area contributed by atoms with Crippen LogP contribution in [0.5, 0.6) is 0 Å². The Balaban J connectivity index is 2.68. The van der Waals surface area contributed by atoms with Crippen LogP contribution < -0.4 is 11.3 Å². The van der Waals surface area contributed by atoms with Crippen LogP contribution in [-0.2, 0) is 4.79 Å². The van der Waals surface area contributed by atoms with E-state index in [1.165, 1.54) is 12.8 Å². The predicted octanol–water partition coefficient (Wildman–Crippen LogP) is 1.58. The van der Waals surface area contributed by atoms with Crippen LogP contribution in [0.15, 0.2) is 0 Å². The lowest BCUT2D eigenvalue weighted by Gasteiger charge is -2.28.